The molecular weight excluding hydrogens is 666 g/mol. The van der Waals surface area contributed by atoms with Crippen LogP contribution in [0, 0.1) is 11.6 Å². The molecule has 0 aliphatic rings. The topological polar surface area (TPSA) is 150 Å². The van der Waals surface area contributed by atoms with Gasteiger partial charge in [0.05, 0.1) is 24.9 Å². The molecule has 8 aromatic rings. The number of fused-ring (bicyclic) bond motifs is 2. The van der Waals surface area contributed by atoms with Crippen molar-refractivity contribution in [2.24, 2.45) is 0 Å². The summed E-state index contributed by atoms with van der Waals surface area (Å²) in [6, 6.07) is 20.1. The third-order valence-corrected chi connectivity index (χ3v) is 7.44. The number of furan rings is 2. The van der Waals surface area contributed by atoms with E-state index in [9.17, 15) is 8.78 Å². The van der Waals surface area contributed by atoms with E-state index in [1.807, 2.05) is 39.0 Å². The zero-order valence-electron chi connectivity index (χ0n) is 27.4. The molecule has 12 nitrogen and oxygen atoms in total. The van der Waals surface area contributed by atoms with Crippen LogP contribution < -0.4 is 11.1 Å². The molecule has 52 heavy (non-hydrogen) atoms. The van der Waals surface area contributed by atoms with Crippen LogP contribution in [-0.4, -0.2) is 44.7 Å². The van der Waals surface area contributed by atoms with Crippen molar-refractivity contribution in [2.45, 2.75) is 54.0 Å². The van der Waals surface area contributed by atoms with Gasteiger partial charge in [0.15, 0.2) is 22.8 Å². The summed E-state index contributed by atoms with van der Waals surface area (Å²) >= 11 is 0. The second kappa shape index (κ2) is 15.2. The fraction of sp³-hybridized carbons (Fsp3) is 0.211. The van der Waals surface area contributed by atoms with Gasteiger partial charge < -0.3 is 19.9 Å². The lowest BCUT2D eigenvalue weighted by molar-refractivity contribution is 0.572. The van der Waals surface area contributed by atoms with Gasteiger partial charge in [-0.25, -0.2) is 8.78 Å². The van der Waals surface area contributed by atoms with Gasteiger partial charge in [-0.1, -0.05) is 39.1 Å². The Kier molecular flexibility index (Phi) is 10.8. The van der Waals surface area contributed by atoms with Crippen molar-refractivity contribution in [2.75, 3.05) is 11.1 Å². The first-order valence-corrected chi connectivity index (χ1v) is 15.7. The van der Waals surface area contributed by atoms with Crippen LogP contribution in [0.2, 0.25) is 0 Å². The van der Waals surface area contributed by atoms with Gasteiger partial charge in [0.2, 0.25) is 23.5 Å². The second-order valence-corrected chi connectivity index (χ2v) is 12.5. The van der Waals surface area contributed by atoms with E-state index in [1.54, 1.807) is 64.3 Å². The molecule has 0 saturated carbocycles. The van der Waals surface area contributed by atoms with Crippen LogP contribution in [0.15, 0.2) is 107 Å². The number of aromatic nitrogens is 8. The van der Waals surface area contributed by atoms with Gasteiger partial charge in [-0.05, 0) is 80.4 Å². The van der Waals surface area contributed by atoms with E-state index in [0.29, 0.717) is 53.3 Å². The third kappa shape index (κ3) is 8.12. The molecule has 6 aromatic heterocycles. The number of nitrogens with one attached hydrogen (secondary N) is 1. The lowest BCUT2D eigenvalue weighted by atomic mass is 10.1. The summed E-state index contributed by atoms with van der Waals surface area (Å²) in [6.07, 6.45) is 7.58. The van der Waals surface area contributed by atoms with Crippen molar-refractivity contribution in [3.05, 3.63) is 132 Å². The van der Waals surface area contributed by atoms with Crippen LogP contribution in [0.3, 0.4) is 0 Å². The quantitative estimate of drug-likeness (QED) is 0.166. The summed E-state index contributed by atoms with van der Waals surface area (Å²) in [5.74, 6) is 2.26. The van der Waals surface area contributed by atoms with Crippen LogP contribution in [0.4, 0.5) is 20.7 Å². The molecule has 14 heteroatoms. The Bertz CT molecular complexity index is 2400. The largest absolute Gasteiger partial charge is 0.461 e. The SMILES string of the molecule is C.C.CC(C)(C)Nc1nc(-c2ccco2)n2ncc(Cc3cccc(F)c3)c2n1.Nc1nc(-c2ccco2)n2ncc(Cc3cccc(F)c3)c2n1. The highest BCUT2D eigenvalue weighted by molar-refractivity contribution is 5.61. The van der Waals surface area contributed by atoms with Gasteiger partial charge in [0.25, 0.3) is 0 Å². The molecule has 0 bridgehead atoms. The Morgan fingerprint density at radius 1 is 0.673 bits per heavy atom. The Balaban J connectivity index is 0.000000196. The highest BCUT2D eigenvalue weighted by Gasteiger charge is 2.20. The standard InChI is InChI=1S/C20H20FN5O.C16H12FN5O.2CH4/c1-20(2,3)25-19-23-17-14(10-13-6-4-7-15(21)11-13)12-22-26(17)18(24-19)16-8-5-9-27-16;17-12-4-1-3-10(8-12)7-11-9-19-22-14(11)20-16(18)21-15(22)13-5-2-6-23-13;;/h4-9,11-12H,10H2,1-3H3,(H,23,25);1-6,8-9H,7H2,(H2,18,20);2*1H4. The van der Waals surface area contributed by atoms with Crippen LogP contribution in [0.1, 0.15) is 57.9 Å². The molecule has 6 heterocycles. The minimum absolute atomic E-state index is 0. The summed E-state index contributed by atoms with van der Waals surface area (Å²) in [5, 5.41) is 12.1. The molecule has 3 N–H and O–H groups in total. The number of halogens is 2. The van der Waals surface area contributed by atoms with Crippen molar-refractivity contribution >= 4 is 23.2 Å². The van der Waals surface area contributed by atoms with Crippen molar-refractivity contribution in [3.8, 4) is 23.2 Å². The molecule has 0 unspecified atom stereocenters. The van der Waals surface area contributed by atoms with Gasteiger partial charge >= 0.3 is 0 Å². The second-order valence-electron chi connectivity index (χ2n) is 12.5. The van der Waals surface area contributed by atoms with Crippen molar-refractivity contribution in [1.82, 2.24) is 39.2 Å². The smallest absolute Gasteiger partial charge is 0.227 e. The maximum atomic E-state index is 13.5. The average Bonchev–Trinajstić information content (AvgIpc) is 3.89. The van der Waals surface area contributed by atoms with E-state index in [0.717, 1.165) is 22.3 Å². The summed E-state index contributed by atoms with van der Waals surface area (Å²) in [5.41, 5.74) is 10.2. The molecular formula is C38H40F2N10O2. The molecule has 2 aromatic carbocycles. The maximum Gasteiger partial charge on any atom is 0.227 e. The molecule has 0 atom stereocenters. The molecule has 0 radical (unpaired) electrons. The molecule has 0 spiro atoms. The van der Waals surface area contributed by atoms with E-state index < -0.39 is 0 Å². The molecule has 0 aliphatic heterocycles. The third-order valence-electron chi connectivity index (χ3n) is 7.44. The zero-order valence-corrected chi connectivity index (χ0v) is 27.4. The average molecular weight is 707 g/mol. The maximum absolute atomic E-state index is 13.5. The highest BCUT2D eigenvalue weighted by atomic mass is 19.1. The molecule has 0 fully saturated rings. The van der Waals surface area contributed by atoms with Gasteiger partial charge in [-0.2, -0.15) is 39.2 Å². The first kappa shape index (κ1) is 36.8. The van der Waals surface area contributed by atoms with Crippen LogP contribution in [0.5, 0.6) is 0 Å². The van der Waals surface area contributed by atoms with Gasteiger partial charge in [0, 0.05) is 29.5 Å². The van der Waals surface area contributed by atoms with Gasteiger partial charge in [-0.3, -0.25) is 0 Å². The summed E-state index contributed by atoms with van der Waals surface area (Å²) < 4.78 is 41.0. The van der Waals surface area contributed by atoms with Crippen molar-refractivity contribution in [3.63, 3.8) is 0 Å². The minimum Gasteiger partial charge on any atom is -0.461 e. The van der Waals surface area contributed by atoms with E-state index in [1.165, 1.54) is 24.3 Å². The van der Waals surface area contributed by atoms with E-state index >= 15 is 0 Å². The first-order chi connectivity index (χ1) is 24.1. The monoisotopic (exact) mass is 706 g/mol. The number of nitrogen functional groups attached to an aromatic ring is 1. The number of benzene rings is 2. The molecule has 0 saturated heterocycles. The molecule has 0 amide bonds. The fourth-order valence-electron chi connectivity index (χ4n) is 5.37. The normalized spacial score (nSPS) is 11.1. The van der Waals surface area contributed by atoms with Gasteiger partial charge in [-0.15, -0.1) is 0 Å². The highest BCUT2D eigenvalue weighted by Crippen LogP contribution is 2.25. The number of nitrogens with zero attached hydrogens (tertiary/aromatic N) is 8. The zero-order chi connectivity index (χ0) is 34.8. The van der Waals surface area contributed by atoms with Crippen molar-refractivity contribution < 1.29 is 17.6 Å². The molecule has 8 rings (SSSR count). The lowest BCUT2D eigenvalue weighted by Gasteiger charge is -2.20. The van der Waals surface area contributed by atoms with E-state index in [4.69, 9.17) is 14.6 Å². The predicted octanol–water partition coefficient (Wildman–Crippen LogP) is 8.29. The van der Waals surface area contributed by atoms with E-state index in [2.05, 4.69) is 35.5 Å². The lowest BCUT2D eigenvalue weighted by Crippen LogP contribution is -2.27. The number of hydrogen-bond acceptors (Lipinski definition) is 10. The number of nitrogens with two attached hydrogens (primary N) is 1. The fourth-order valence-corrected chi connectivity index (χ4v) is 5.37. The van der Waals surface area contributed by atoms with Crippen molar-refractivity contribution in [1.29, 1.82) is 0 Å². The summed E-state index contributed by atoms with van der Waals surface area (Å²) in [4.78, 5) is 17.7. The molecule has 268 valence electrons. The number of rotatable bonds is 7. The summed E-state index contributed by atoms with van der Waals surface area (Å²) in [6.45, 7) is 6.12. The number of anilines is 2. The van der Waals surface area contributed by atoms with E-state index in [-0.39, 0.29) is 38.0 Å². The number of hydrogen-bond donors (Lipinski definition) is 2. The van der Waals surface area contributed by atoms with Crippen LogP contribution >= 0.6 is 0 Å². The Morgan fingerprint density at radius 3 is 1.63 bits per heavy atom. The summed E-state index contributed by atoms with van der Waals surface area (Å²) in [7, 11) is 0. The van der Waals surface area contributed by atoms with Crippen LogP contribution in [0.25, 0.3) is 34.5 Å². The van der Waals surface area contributed by atoms with Gasteiger partial charge in [0.1, 0.15) is 11.6 Å². The first-order valence-electron chi connectivity index (χ1n) is 15.7. The Labute approximate surface area is 299 Å². The predicted molar refractivity (Wildman–Crippen MR) is 197 cm³/mol. The van der Waals surface area contributed by atoms with Crippen LogP contribution in [-0.2, 0) is 12.8 Å². The Hall–Kier alpha value is -6.44. The Morgan fingerprint density at radius 2 is 1.17 bits per heavy atom. The minimum atomic E-state index is -0.274. The molecule has 0 aliphatic carbocycles.